The fraction of sp³-hybridized carbons (Fsp3) is 0.529. The van der Waals surface area contributed by atoms with E-state index in [9.17, 15) is 4.79 Å². The highest BCUT2D eigenvalue weighted by Crippen LogP contribution is 2.32. The monoisotopic (exact) mass is 476 g/mol. The normalized spacial score (nSPS) is 16.2. The van der Waals surface area contributed by atoms with E-state index in [0.29, 0.717) is 26.2 Å². The number of benzene rings is 1. The number of hydrogen-bond donors (Lipinski definition) is 1. The molecule has 1 aromatic carbocycles. The smallest absolute Gasteiger partial charge is 0.409 e. The minimum Gasteiger partial charge on any atom is -0.454 e. The summed E-state index contributed by atoms with van der Waals surface area (Å²) >= 11 is 0. The molecule has 0 atom stereocenters. The van der Waals surface area contributed by atoms with E-state index in [1.807, 2.05) is 25.1 Å². The molecule has 1 saturated heterocycles. The Morgan fingerprint density at radius 2 is 1.88 bits per heavy atom. The Labute approximate surface area is 170 Å². The summed E-state index contributed by atoms with van der Waals surface area (Å²) in [6.07, 6.45) is -0.245. The SMILES string of the molecule is CCOC(=O)N1CCN(C(=NC)NCc2ccc3c(c2)OCO3)CC1.I. The molecule has 2 aliphatic heterocycles. The van der Waals surface area contributed by atoms with Gasteiger partial charge in [0.25, 0.3) is 0 Å². The molecule has 26 heavy (non-hydrogen) atoms. The molecule has 144 valence electrons. The lowest BCUT2D eigenvalue weighted by molar-refractivity contribution is 0.0914. The van der Waals surface area contributed by atoms with Crippen molar-refractivity contribution in [3.8, 4) is 11.5 Å². The van der Waals surface area contributed by atoms with E-state index in [4.69, 9.17) is 14.2 Å². The molecule has 2 aliphatic rings. The van der Waals surface area contributed by atoms with Gasteiger partial charge in [-0.25, -0.2) is 4.79 Å². The number of aliphatic imine (C=N–C) groups is 1. The molecule has 1 aromatic rings. The largest absolute Gasteiger partial charge is 0.454 e. The van der Waals surface area contributed by atoms with Gasteiger partial charge in [-0.3, -0.25) is 4.99 Å². The second-order valence-electron chi connectivity index (χ2n) is 5.76. The molecule has 0 aromatic heterocycles. The van der Waals surface area contributed by atoms with Crippen LogP contribution in [0, 0.1) is 0 Å². The van der Waals surface area contributed by atoms with E-state index in [1.165, 1.54) is 0 Å². The quantitative estimate of drug-likeness (QED) is 0.408. The second-order valence-corrected chi connectivity index (χ2v) is 5.76. The molecule has 1 fully saturated rings. The third kappa shape index (κ3) is 4.83. The van der Waals surface area contributed by atoms with Crippen LogP contribution in [-0.4, -0.2) is 68.5 Å². The number of rotatable bonds is 3. The van der Waals surface area contributed by atoms with Crippen molar-refractivity contribution in [1.82, 2.24) is 15.1 Å². The minimum atomic E-state index is -0.245. The Bertz CT molecular complexity index is 648. The molecule has 1 N–H and O–H groups in total. The molecule has 3 rings (SSSR count). The predicted molar refractivity (Wildman–Crippen MR) is 108 cm³/mol. The van der Waals surface area contributed by atoms with Gasteiger partial charge in [0, 0.05) is 39.8 Å². The number of piperazine rings is 1. The summed E-state index contributed by atoms with van der Waals surface area (Å²) in [4.78, 5) is 20.0. The first-order valence-corrected chi connectivity index (χ1v) is 8.47. The number of ether oxygens (including phenoxy) is 3. The van der Waals surface area contributed by atoms with Crippen LogP contribution in [0.3, 0.4) is 0 Å². The Morgan fingerprint density at radius 3 is 2.58 bits per heavy atom. The van der Waals surface area contributed by atoms with Crippen LogP contribution in [0.25, 0.3) is 0 Å². The lowest BCUT2D eigenvalue weighted by Crippen LogP contribution is -2.53. The van der Waals surface area contributed by atoms with Crippen LogP contribution in [-0.2, 0) is 11.3 Å². The van der Waals surface area contributed by atoms with Crippen molar-refractivity contribution in [2.24, 2.45) is 4.99 Å². The van der Waals surface area contributed by atoms with E-state index >= 15 is 0 Å². The molecule has 0 unspecified atom stereocenters. The molecule has 0 saturated carbocycles. The maximum Gasteiger partial charge on any atom is 0.409 e. The second kappa shape index (κ2) is 9.70. The predicted octanol–water partition coefficient (Wildman–Crippen LogP) is 1.88. The van der Waals surface area contributed by atoms with Crippen LogP contribution in [0.2, 0.25) is 0 Å². The van der Waals surface area contributed by atoms with E-state index in [2.05, 4.69) is 15.2 Å². The van der Waals surface area contributed by atoms with Crippen molar-refractivity contribution in [3.05, 3.63) is 23.8 Å². The Balaban J connectivity index is 0.00000243. The summed E-state index contributed by atoms with van der Waals surface area (Å²) in [6, 6.07) is 5.90. The van der Waals surface area contributed by atoms with Crippen molar-refractivity contribution < 1.29 is 19.0 Å². The van der Waals surface area contributed by atoms with Crippen molar-refractivity contribution >= 4 is 36.0 Å². The number of carbonyl (C=O) groups is 1. The topological polar surface area (TPSA) is 75.6 Å². The van der Waals surface area contributed by atoms with Gasteiger partial charge >= 0.3 is 6.09 Å². The van der Waals surface area contributed by atoms with Crippen LogP contribution in [0.4, 0.5) is 4.79 Å². The lowest BCUT2D eigenvalue weighted by atomic mass is 10.2. The number of carbonyl (C=O) groups excluding carboxylic acids is 1. The van der Waals surface area contributed by atoms with Gasteiger partial charge in [0.05, 0.1) is 6.61 Å². The maximum atomic E-state index is 11.8. The van der Waals surface area contributed by atoms with E-state index in [-0.39, 0.29) is 36.9 Å². The average molecular weight is 476 g/mol. The van der Waals surface area contributed by atoms with Crippen LogP contribution in [0.15, 0.2) is 23.2 Å². The number of fused-ring (bicyclic) bond motifs is 1. The van der Waals surface area contributed by atoms with Gasteiger partial charge in [0.1, 0.15) is 0 Å². The van der Waals surface area contributed by atoms with Gasteiger partial charge in [0.2, 0.25) is 6.79 Å². The standard InChI is InChI=1S/C17H24N4O4.HI/c1-3-23-17(22)21-8-6-20(7-9-21)16(18-2)19-11-13-4-5-14-15(10-13)25-12-24-14;/h4-5,10H,3,6-9,11-12H2,1-2H3,(H,18,19);1H. The van der Waals surface area contributed by atoms with Gasteiger partial charge < -0.3 is 29.3 Å². The molecular weight excluding hydrogens is 451 g/mol. The zero-order chi connectivity index (χ0) is 17.6. The lowest BCUT2D eigenvalue weighted by Gasteiger charge is -2.35. The molecule has 9 heteroatoms. The summed E-state index contributed by atoms with van der Waals surface area (Å²) in [7, 11) is 1.76. The van der Waals surface area contributed by atoms with Crippen molar-refractivity contribution in [2.45, 2.75) is 13.5 Å². The number of halogens is 1. The molecule has 0 radical (unpaired) electrons. The number of amides is 1. The van der Waals surface area contributed by atoms with Crippen LogP contribution in [0.5, 0.6) is 11.5 Å². The molecule has 1 amide bonds. The zero-order valence-corrected chi connectivity index (χ0v) is 17.4. The highest BCUT2D eigenvalue weighted by atomic mass is 127. The van der Waals surface area contributed by atoms with Gasteiger partial charge in [-0.1, -0.05) is 6.07 Å². The number of nitrogens with one attached hydrogen (secondary N) is 1. The van der Waals surface area contributed by atoms with Gasteiger partial charge in [-0.15, -0.1) is 24.0 Å². The highest BCUT2D eigenvalue weighted by molar-refractivity contribution is 14.0. The minimum absolute atomic E-state index is 0. The highest BCUT2D eigenvalue weighted by Gasteiger charge is 2.23. The Kier molecular flexibility index (Phi) is 7.61. The number of nitrogens with zero attached hydrogens (tertiary/aromatic N) is 3. The maximum absolute atomic E-state index is 11.8. The first kappa shape index (κ1) is 20.4. The van der Waals surface area contributed by atoms with Crippen molar-refractivity contribution in [1.29, 1.82) is 0 Å². The average Bonchev–Trinajstić information content (AvgIpc) is 3.11. The summed E-state index contributed by atoms with van der Waals surface area (Å²) in [5.74, 6) is 2.38. The first-order valence-electron chi connectivity index (χ1n) is 8.47. The van der Waals surface area contributed by atoms with Crippen LogP contribution < -0.4 is 14.8 Å². The third-order valence-electron chi connectivity index (χ3n) is 4.20. The van der Waals surface area contributed by atoms with Gasteiger partial charge in [-0.05, 0) is 24.6 Å². The van der Waals surface area contributed by atoms with Gasteiger partial charge in [-0.2, -0.15) is 0 Å². The molecule has 0 bridgehead atoms. The first-order chi connectivity index (χ1) is 12.2. The summed E-state index contributed by atoms with van der Waals surface area (Å²) in [5, 5.41) is 3.36. The molecule has 0 aliphatic carbocycles. The molecule has 0 spiro atoms. The number of guanidine groups is 1. The number of hydrogen-bond acceptors (Lipinski definition) is 5. The van der Waals surface area contributed by atoms with Crippen LogP contribution >= 0.6 is 24.0 Å². The van der Waals surface area contributed by atoms with Crippen molar-refractivity contribution in [2.75, 3.05) is 46.6 Å². The Hall–Kier alpha value is -1.91. The molecule has 8 nitrogen and oxygen atoms in total. The van der Waals surface area contributed by atoms with Gasteiger partial charge in [0.15, 0.2) is 17.5 Å². The van der Waals surface area contributed by atoms with Crippen LogP contribution in [0.1, 0.15) is 12.5 Å². The third-order valence-corrected chi connectivity index (χ3v) is 4.20. The summed E-state index contributed by atoms with van der Waals surface area (Å²) in [6.45, 7) is 5.83. The Morgan fingerprint density at radius 1 is 1.19 bits per heavy atom. The summed E-state index contributed by atoms with van der Waals surface area (Å²) in [5.41, 5.74) is 1.09. The van der Waals surface area contributed by atoms with E-state index in [0.717, 1.165) is 36.1 Å². The molecule has 2 heterocycles. The van der Waals surface area contributed by atoms with Crippen molar-refractivity contribution in [3.63, 3.8) is 0 Å². The van der Waals surface area contributed by atoms with E-state index in [1.54, 1.807) is 11.9 Å². The zero-order valence-electron chi connectivity index (χ0n) is 15.1. The molecular formula is C17H25IN4O4. The fourth-order valence-electron chi connectivity index (χ4n) is 2.88. The summed E-state index contributed by atoms with van der Waals surface area (Å²) < 4.78 is 15.8. The van der Waals surface area contributed by atoms with E-state index < -0.39 is 0 Å². The fourth-order valence-corrected chi connectivity index (χ4v) is 2.88.